The van der Waals surface area contributed by atoms with Gasteiger partial charge in [0, 0.05) is 17.7 Å². The molecule has 0 aliphatic carbocycles. The largest absolute Gasteiger partial charge is 0.495 e. The van der Waals surface area contributed by atoms with Crippen molar-refractivity contribution in [2.45, 2.75) is 0 Å². The van der Waals surface area contributed by atoms with Gasteiger partial charge in [0.1, 0.15) is 11.5 Å². The normalized spacial score (nSPS) is 10.4. The van der Waals surface area contributed by atoms with Crippen LogP contribution in [0.2, 0.25) is 5.02 Å². The zero-order valence-corrected chi connectivity index (χ0v) is 14.3. The summed E-state index contributed by atoms with van der Waals surface area (Å²) in [4.78, 5) is 12.4. The maximum absolute atomic E-state index is 12.4. The van der Waals surface area contributed by atoms with Crippen LogP contribution in [0.15, 0.2) is 53.1 Å². The van der Waals surface area contributed by atoms with Crippen LogP contribution >= 0.6 is 11.6 Å². The van der Waals surface area contributed by atoms with E-state index in [1.165, 1.54) is 14.2 Å². The molecule has 0 aliphatic heterocycles. The monoisotopic (exact) mass is 358 g/mol. The zero-order chi connectivity index (χ0) is 17.8. The molecule has 0 saturated carbocycles. The van der Waals surface area contributed by atoms with E-state index in [0.717, 1.165) is 5.56 Å². The van der Waals surface area contributed by atoms with Crippen molar-refractivity contribution >= 4 is 23.2 Å². The van der Waals surface area contributed by atoms with E-state index in [-0.39, 0.29) is 5.69 Å². The number of nitrogens with one attached hydrogen (secondary N) is 1. The van der Waals surface area contributed by atoms with Crippen LogP contribution in [0.3, 0.4) is 0 Å². The minimum atomic E-state index is -0.439. The first-order chi connectivity index (χ1) is 12.1. The van der Waals surface area contributed by atoms with E-state index in [1.54, 1.807) is 18.2 Å². The number of benzene rings is 2. The van der Waals surface area contributed by atoms with Gasteiger partial charge in [-0.15, -0.1) is 0 Å². The van der Waals surface area contributed by atoms with Crippen LogP contribution in [0, 0.1) is 0 Å². The second-order valence-electron chi connectivity index (χ2n) is 5.08. The van der Waals surface area contributed by atoms with Gasteiger partial charge in [-0.3, -0.25) is 4.79 Å². The van der Waals surface area contributed by atoms with Crippen LogP contribution in [0.4, 0.5) is 5.69 Å². The molecule has 0 atom stereocenters. The van der Waals surface area contributed by atoms with Crippen LogP contribution in [0.5, 0.6) is 11.5 Å². The van der Waals surface area contributed by atoms with Gasteiger partial charge >= 0.3 is 0 Å². The van der Waals surface area contributed by atoms with Gasteiger partial charge in [0.2, 0.25) is 0 Å². The number of hydrogen-bond donors (Lipinski definition) is 1. The van der Waals surface area contributed by atoms with Gasteiger partial charge in [0.15, 0.2) is 11.5 Å². The number of methoxy groups -OCH3 is 2. The third kappa shape index (κ3) is 3.59. The molecule has 1 aromatic heterocycles. The molecule has 1 heterocycles. The summed E-state index contributed by atoms with van der Waals surface area (Å²) in [6.07, 6.45) is 0. The molecule has 0 radical (unpaired) electrons. The van der Waals surface area contributed by atoms with E-state index >= 15 is 0 Å². The topological polar surface area (TPSA) is 73.6 Å². The third-order valence-corrected chi connectivity index (χ3v) is 3.82. The smallest absolute Gasteiger partial charge is 0.277 e. The van der Waals surface area contributed by atoms with Gasteiger partial charge in [-0.25, -0.2) is 0 Å². The Hall–Kier alpha value is -2.99. The van der Waals surface area contributed by atoms with Crippen molar-refractivity contribution in [2.24, 2.45) is 0 Å². The molecule has 128 valence electrons. The molecule has 0 fully saturated rings. The van der Waals surface area contributed by atoms with E-state index in [1.807, 2.05) is 30.3 Å². The molecule has 0 spiro atoms. The Labute approximate surface area is 149 Å². The summed E-state index contributed by atoms with van der Waals surface area (Å²) >= 11 is 6.11. The number of ether oxygens (including phenoxy) is 2. The van der Waals surface area contributed by atoms with Crippen LogP contribution in [-0.4, -0.2) is 25.3 Å². The van der Waals surface area contributed by atoms with Crippen LogP contribution < -0.4 is 14.8 Å². The summed E-state index contributed by atoms with van der Waals surface area (Å²) in [5.74, 6) is 0.932. The van der Waals surface area contributed by atoms with Gasteiger partial charge in [-0.2, -0.15) is 0 Å². The fourth-order valence-electron chi connectivity index (χ4n) is 2.26. The number of hydrogen-bond acceptors (Lipinski definition) is 5. The highest BCUT2D eigenvalue weighted by atomic mass is 35.5. The number of halogens is 1. The maximum Gasteiger partial charge on any atom is 0.277 e. The first-order valence-electron chi connectivity index (χ1n) is 7.37. The summed E-state index contributed by atoms with van der Waals surface area (Å²) in [5, 5.41) is 6.87. The molecule has 2 aromatic carbocycles. The number of carbonyl (C=O) groups excluding carboxylic acids is 1. The van der Waals surface area contributed by atoms with Gasteiger partial charge in [-0.1, -0.05) is 47.1 Å². The zero-order valence-electron chi connectivity index (χ0n) is 13.6. The molecule has 0 aliphatic rings. The Morgan fingerprint density at radius 1 is 1.08 bits per heavy atom. The molecule has 1 N–H and O–H groups in total. The van der Waals surface area contributed by atoms with Crippen molar-refractivity contribution in [3.05, 3.63) is 59.2 Å². The predicted octanol–water partition coefficient (Wildman–Crippen LogP) is 4.26. The lowest BCUT2D eigenvalue weighted by molar-refractivity contribution is 0.101. The van der Waals surface area contributed by atoms with Gasteiger partial charge in [0.25, 0.3) is 5.91 Å². The average Bonchev–Trinajstić information content (AvgIpc) is 3.13. The van der Waals surface area contributed by atoms with E-state index in [0.29, 0.717) is 28.0 Å². The molecular formula is C18H15ClN2O4. The minimum Gasteiger partial charge on any atom is -0.495 e. The molecule has 7 heteroatoms. The minimum absolute atomic E-state index is 0.146. The standard InChI is InChI=1S/C18H15ClN2O4/c1-23-16-10-17(24-2)13(8-12(16)19)20-18(22)14-9-15(25-21-14)11-6-4-3-5-7-11/h3-10H,1-2H3,(H,20,22). The molecule has 1 amide bonds. The number of amides is 1. The second-order valence-corrected chi connectivity index (χ2v) is 5.49. The molecule has 25 heavy (non-hydrogen) atoms. The predicted molar refractivity (Wildman–Crippen MR) is 94.4 cm³/mol. The fourth-order valence-corrected chi connectivity index (χ4v) is 2.51. The van der Waals surface area contributed by atoms with Crippen molar-refractivity contribution in [1.82, 2.24) is 5.16 Å². The SMILES string of the molecule is COc1cc(OC)c(NC(=O)c2cc(-c3ccccc3)on2)cc1Cl. The third-order valence-electron chi connectivity index (χ3n) is 3.52. The average molecular weight is 359 g/mol. The Bertz CT molecular complexity index is 893. The van der Waals surface area contributed by atoms with Crippen molar-refractivity contribution in [2.75, 3.05) is 19.5 Å². The Balaban J connectivity index is 1.84. The second kappa shape index (κ2) is 7.27. The van der Waals surface area contributed by atoms with Crippen LogP contribution in [-0.2, 0) is 0 Å². The summed E-state index contributed by atoms with van der Waals surface area (Å²) in [5.41, 5.74) is 1.38. The highest BCUT2D eigenvalue weighted by molar-refractivity contribution is 6.32. The molecule has 3 aromatic rings. The number of nitrogens with zero attached hydrogens (tertiary/aromatic N) is 1. The highest BCUT2D eigenvalue weighted by Crippen LogP contribution is 2.36. The first-order valence-corrected chi connectivity index (χ1v) is 7.75. The van der Waals surface area contributed by atoms with Gasteiger partial charge in [0.05, 0.1) is 24.9 Å². The molecule has 6 nitrogen and oxygen atoms in total. The molecule has 0 bridgehead atoms. The lowest BCUT2D eigenvalue weighted by atomic mass is 10.1. The Morgan fingerprint density at radius 3 is 2.48 bits per heavy atom. The Kier molecular flexibility index (Phi) is 4.90. The van der Waals surface area contributed by atoms with Crippen molar-refractivity contribution in [3.8, 4) is 22.8 Å². The summed E-state index contributed by atoms with van der Waals surface area (Å²) in [7, 11) is 2.99. The summed E-state index contributed by atoms with van der Waals surface area (Å²) in [6.45, 7) is 0. The van der Waals surface area contributed by atoms with E-state index in [4.69, 9.17) is 25.6 Å². The van der Waals surface area contributed by atoms with Crippen molar-refractivity contribution in [3.63, 3.8) is 0 Å². The first kappa shape index (κ1) is 16.9. The van der Waals surface area contributed by atoms with Crippen molar-refractivity contribution < 1.29 is 18.8 Å². The van der Waals surface area contributed by atoms with E-state index in [9.17, 15) is 4.79 Å². The lowest BCUT2D eigenvalue weighted by Gasteiger charge is -2.12. The van der Waals surface area contributed by atoms with Crippen LogP contribution in [0.25, 0.3) is 11.3 Å². The maximum atomic E-state index is 12.4. The van der Waals surface area contributed by atoms with Gasteiger partial charge in [-0.05, 0) is 6.07 Å². The number of carbonyl (C=O) groups is 1. The highest BCUT2D eigenvalue weighted by Gasteiger charge is 2.17. The van der Waals surface area contributed by atoms with E-state index < -0.39 is 5.91 Å². The van der Waals surface area contributed by atoms with Crippen LogP contribution in [0.1, 0.15) is 10.5 Å². The molecular weight excluding hydrogens is 344 g/mol. The number of rotatable bonds is 5. The molecule has 0 unspecified atom stereocenters. The Morgan fingerprint density at radius 2 is 1.80 bits per heavy atom. The fraction of sp³-hybridized carbons (Fsp3) is 0.111. The number of anilines is 1. The summed E-state index contributed by atoms with van der Waals surface area (Å²) in [6, 6.07) is 14.1. The van der Waals surface area contributed by atoms with E-state index in [2.05, 4.69) is 10.5 Å². The van der Waals surface area contributed by atoms with Crippen molar-refractivity contribution in [1.29, 1.82) is 0 Å². The quantitative estimate of drug-likeness (QED) is 0.737. The lowest BCUT2D eigenvalue weighted by Crippen LogP contribution is -2.13. The molecule has 0 saturated heterocycles. The summed E-state index contributed by atoms with van der Waals surface area (Å²) < 4.78 is 15.6. The number of aromatic nitrogens is 1. The van der Waals surface area contributed by atoms with Gasteiger partial charge < -0.3 is 19.3 Å². The molecule has 3 rings (SSSR count).